The molecule has 18 heavy (non-hydrogen) atoms. The van der Waals surface area contributed by atoms with Crippen LogP contribution < -0.4 is 16.0 Å². The Balaban J connectivity index is 2.83. The summed E-state index contributed by atoms with van der Waals surface area (Å²) in [5.74, 6) is 7.12. The number of ether oxygens (including phenoxy) is 1. The predicted octanol–water partition coefficient (Wildman–Crippen LogP) is 2.10. The zero-order chi connectivity index (χ0) is 13.5. The third-order valence-corrected chi connectivity index (χ3v) is 3.38. The van der Waals surface area contributed by atoms with Crippen molar-refractivity contribution in [2.75, 3.05) is 13.0 Å². The number of methoxy groups -OCH3 is 1. The number of pyridine rings is 1. The molecule has 0 aliphatic carbocycles. The van der Waals surface area contributed by atoms with Gasteiger partial charge in [0.1, 0.15) is 5.75 Å². The van der Waals surface area contributed by atoms with Crippen LogP contribution in [-0.4, -0.2) is 24.0 Å². The van der Waals surface area contributed by atoms with Crippen molar-refractivity contribution in [3.63, 3.8) is 0 Å². The third-order valence-electron chi connectivity index (χ3n) is 3.11. The lowest BCUT2D eigenvalue weighted by molar-refractivity contribution is 0.405. The van der Waals surface area contributed by atoms with Crippen molar-refractivity contribution in [1.29, 1.82) is 0 Å². The van der Waals surface area contributed by atoms with Crippen LogP contribution in [0.15, 0.2) is 6.20 Å². The second-order valence-electron chi connectivity index (χ2n) is 4.45. The van der Waals surface area contributed by atoms with Gasteiger partial charge >= 0.3 is 0 Å². The lowest BCUT2D eigenvalue weighted by Gasteiger charge is -2.18. The Bertz CT molecular complexity index is 385. The summed E-state index contributed by atoms with van der Waals surface area (Å²) >= 11 is 5.70. The molecule has 0 saturated heterocycles. The number of halogens is 1. The molecule has 0 aliphatic heterocycles. The van der Waals surface area contributed by atoms with E-state index in [2.05, 4.69) is 10.4 Å². The molecule has 0 bridgehead atoms. The first-order chi connectivity index (χ1) is 8.63. The van der Waals surface area contributed by atoms with Crippen LogP contribution in [-0.2, 0) is 6.42 Å². The van der Waals surface area contributed by atoms with Gasteiger partial charge in [0.2, 0.25) is 0 Å². The van der Waals surface area contributed by atoms with Gasteiger partial charge in [0.05, 0.1) is 7.11 Å². The minimum absolute atomic E-state index is 0.197. The summed E-state index contributed by atoms with van der Waals surface area (Å²) in [6.07, 6.45) is 4.52. The van der Waals surface area contributed by atoms with E-state index in [0.29, 0.717) is 5.88 Å². The van der Waals surface area contributed by atoms with Gasteiger partial charge in [0.15, 0.2) is 0 Å². The number of rotatable bonds is 7. The molecule has 0 aromatic carbocycles. The van der Waals surface area contributed by atoms with Crippen LogP contribution in [0.2, 0.25) is 0 Å². The zero-order valence-corrected chi connectivity index (χ0v) is 12.0. The number of aryl methyl sites for hydroxylation is 1. The molecule has 0 radical (unpaired) electrons. The molecular formula is C13H22ClN3O. The fourth-order valence-corrected chi connectivity index (χ4v) is 2.23. The topological polar surface area (TPSA) is 60.2 Å². The molecule has 0 aliphatic rings. The molecule has 1 aromatic rings. The highest BCUT2D eigenvalue weighted by Crippen LogP contribution is 2.24. The van der Waals surface area contributed by atoms with Crippen molar-refractivity contribution in [2.45, 2.75) is 39.2 Å². The molecule has 4 nitrogen and oxygen atoms in total. The van der Waals surface area contributed by atoms with Crippen LogP contribution in [0.4, 0.5) is 0 Å². The molecule has 1 rings (SSSR count). The summed E-state index contributed by atoms with van der Waals surface area (Å²) < 4.78 is 5.40. The first kappa shape index (κ1) is 15.2. The van der Waals surface area contributed by atoms with Gasteiger partial charge in [0, 0.05) is 41.4 Å². The predicted molar refractivity (Wildman–Crippen MR) is 75.0 cm³/mol. The summed E-state index contributed by atoms with van der Waals surface area (Å²) in [4.78, 5) is 4.47. The summed E-state index contributed by atoms with van der Waals surface area (Å²) in [6, 6.07) is 0.197. The van der Waals surface area contributed by atoms with E-state index in [1.165, 1.54) is 0 Å². The number of hydrogen-bond acceptors (Lipinski definition) is 4. The molecule has 102 valence electrons. The van der Waals surface area contributed by atoms with Gasteiger partial charge in [0.25, 0.3) is 0 Å². The van der Waals surface area contributed by atoms with E-state index in [1.807, 2.05) is 20.0 Å². The van der Waals surface area contributed by atoms with E-state index >= 15 is 0 Å². The van der Waals surface area contributed by atoms with Gasteiger partial charge in [-0.15, -0.1) is 11.6 Å². The molecule has 1 atom stereocenters. The van der Waals surface area contributed by atoms with E-state index < -0.39 is 0 Å². The van der Waals surface area contributed by atoms with Gasteiger partial charge in [-0.05, 0) is 26.7 Å². The number of nitrogens with two attached hydrogens (primary N) is 1. The molecule has 0 spiro atoms. The zero-order valence-electron chi connectivity index (χ0n) is 11.3. The molecule has 3 N–H and O–H groups in total. The summed E-state index contributed by atoms with van der Waals surface area (Å²) in [6.45, 7) is 4.03. The van der Waals surface area contributed by atoms with Crippen molar-refractivity contribution in [2.24, 2.45) is 5.84 Å². The Hall–Kier alpha value is -0.840. The quantitative estimate of drug-likeness (QED) is 0.453. The van der Waals surface area contributed by atoms with Crippen molar-refractivity contribution in [1.82, 2.24) is 10.4 Å². The van der Waals surface area contributed by atoms with E-state index in [0.717, 1.165) is 41.8 Å². The van der Waals surface area contributed by atoms with E-state index in [9.17, 15) is 0 Å². The fraction of sp³-hybridized carbons (Fsp3) is 0.615. The number of aromatic nitrogens is 1. The van der Waals surface area contributed by atoms with Crippen LogP contribution in [0.25, 0.3) is 0 Å². The number of hydrogen-bond donors (Lipinski definition) is 2. The lowest BCUT2D eigenvalue weighted by Crippen LogP contribution is -2.37. The average Bonchev–Trinajstić information content (AvgIpc) is 2.37. The molecule has 1 unspecified atom stereocenters. The van der Waals surface area contributed by atoms with Crippen LogP contribution in [0.5, 0.6) is 5.75 Å². The molecule has 0 saturated carbocycles. The molecule has 0 amide bonds. The van der Waals surface area contributed by atoms with E-state index in [4.69, 9.17) is 22.2 Å². The first-order valence-electron chi connectivity index (χ1n) is 6.15. The highest BCUT2D eigenvalue weighted by molar-refractivity contribution is 6.17. The van der Waals surface area contributed by atoms with Crippen molar-refractivity contribution < 1.29 is 4.74 Å². The summed E-state index contributed by atoms with van der Waals surface area (Å²) in [5, 5.41) is 0. The maximum Gasteiger partial charge on any atom is 0.128 e. The third kappa shape index (κ3) is 3.83. The van der Waals surface area contributed by atoms with Crippen molar-refractivity contribution in [3.8, 4) is 5.75 Å². The maximum absolute atomic E-state index is 5.70. The Morgan fingerprint density at radius 2 is 2.22 bits per heavy atom. The standard InChI is InChI=1S/C13H22ClN3O/c1-9-8-16-12(10(2)13(9)18-3)7-11(17-15)5-4-6-14/h8,11,17H,4-7,15H2,1-3H3. The largest absolute Gasteiger partial charge is 0.496 e. The molecule has 5 heteroatoms. The Morgan fingerprint density at radius 3 is 2.78 bits per heavy atom. The average molecular weight is 272 g/mol. The Labute approximate surface area is 114 Å². The minimum atomic E-state index is 0.197. The highest BCUT2D eigenvalue weighted by atomic mass is 35.5. The maximum atomic E-state index is 5.70. The SMILES string of the molecule is COc1c(C)cnc(CC(CCCCl)NN)c1C. The number of nitrogens with zero attached hydrogens (tertiary/aromatic N) is 1. The van der Waals surface area contributed by atoms with Gasteiger partial charge in [-0.2, -0.15) is 0 Å². The van der Waals surface area contributed by atoms with Crippen LogP contribution in [0.1, 0.15) is 29.7 Å². The van der Waals surface area contributed by atoms with Crippen molar-refractivity contribution >= 4 is 11.6 Å². The smallest absolute Gasteiger partial charge is 0.128 e. The number of alkyl halides is 1. The van der Waals surface area contributed by atoms with Crippen LogP contribution in [0.3, 0.4) is 0 Å². The second-order valence-corrected chi connectivity index (χ2v) is 4.82. The monoisotopic (exact) mass is 271 g/mol. The Morgan fingerprint density at radius 1 is 1.50 bits per heavy atom. The molecule has 0 fully saturated rings. The first-order valence-corrected chi connectivity index (χ1v) is 6.68. The molecular weight excluding hydrogens is 250 g/mol. The number of nitrogens with one attached hydrogen (secondary N) is 1. The van der Waals surface area contributed by atoms with E-state index in [-0.39, 0.29) is 6.04 Å². The highest BCUT2D eigenvalue weighted by Gasteiger charge is 2.14. The van der Waals surface area contributed by atoms with E-state index in [1.54, 1.807) is 7.11 Å². The summed E-state index contributed by atoms with van der Waals surface area (Å²) in [7, 11) is 1.69. The molecule has 1 heterocycles. The normalized spacial score (nSPS) is 12.5. The second kappa shape index (κ2) is 7.56. The molecule has 1 aromatic heterocycles. The van der Waals surface area contributed by atoms with Crippen LogP contribution in [0, 0.1) is 13.8 Å². The van der Waals surface area contributed by atoms with Crippen molar-refractivity contribution in [3.05, 3.63) is 23.0 Å². The number of hydrazine groups is 1. The van der Waals surface area contributed by atoms with Crippen LogP contribution >= 0.6 is 11.6 Å². The summed E-state index contributed by atoms with van der Waals surface area (Å²) in [5.41, 5.74) is 5.99. The van der Waals surface area contributed by atoms with Gasteiger partial charge < -0.3 is 4.74 Å². The van der Waals surface area contributed by atoms with Gasteiger partial charge in [-0.25, -0.2) is 0 Å². The Kier molecular flexibility index (Phi) is 6.39. The minimum Gasteiger partial charge on any atom is -0.496 e. The van der Waals surface area contributed by atoms with Gasteiger partial charge in [-0.3, -0.25) is 16.3 Å². The van der Waals surface area contributed by atoms with Gasteiger partial charge in [-0.1, -0.05) is 0 Å². The fourth-order valence-electron chi connectivity index (χ4n) is 2.08. The lowest BCUT2D eigenvalue weighted by atomic mass is 10.0.